The number of benzene rings is 1. The van der Waals surface area contributed by atoms with Crippen molar-refractivity contribution in [3.8, 4) is 6.07 Å². The van der Waals surface area contributed by atoms with Crippen LogP contribution in [0.3, 0.4) is 0 Å². The highest BCUT2D eigenvalue weighted by Gasteiger charge is 2.48. The Morgan fingerprint density at radius 2 is 2.05 bits per heavy atom. The second-order valence-corrected chi connectivity index (χ2v) is 4.97. The molecule has 0 atom stereocenters. The number of non-ortho nitro benzene ring substituents is 1. The van der Waals surface area contributed by atoms with Crippen LogP contribution in [0.5, 0.6) is 0 Å². The molecule has 0 aromatic heterocycles. The standard InChI is InChI=1S/C13H13N3O3/c1-9-6-13(7-9,8-14)12(17)15-10-2-4-11(5-3-10)16(18)19/h2-5,9H,6-7H2,1H3,(H,15,17). The summed E-state index contributed by atoms with van der Waals surface area (Å²) in [5, 5.41) is 22.3. The van der Waals surface area contributed by atoms with E-state index in [9.17, 15) is 14.9 Å². The molecular weight excluding hydrogens is 246 g/mol. The van der Waals surface area contributed by atoms with E-state index >= 15 is 0 Å². The van der Waals surface area contributed by atoms with E-state index in [0.717, 1.165) is 0 Å². The summed E-state index contributed by atoms with van der Waals surface area (Å²) in [5.41, 5.74) is -0.517. The highest BCUT2D eigenvalue weighted by Crippen LogP contribution is 2.45. The zero-order valence-electron chi connectivity index (χ0n) is 10.4. The fraction of sp³-hybridized carbons (Fsp3) is 0.385. The largest absolute Gasteiger partial charge is 0.325 e. The minimum Gasteiger partial charge on any atom is -0.325 e. The first-order valence-electron chi connectivity index (χ1n) is 5.94. The van der Waals surface area contributed by atoms with Crippen LogP contribution in [0.1, 0.15) is 19.8 Å². The van der Waals surface area contributed by atoms with Gasteiger partial charge < -0.3 is 5.32 Å². The van der Waals surface area contributed by atoms with Crippen molar-refractivity contribution in [2.24, 2.45) is 11.3 Å². The molecular formula is C13H13N3O3. The molecule has 1 saturated carbocycles. The summed E-state index contributed by atoms with van der Waals surface area (Å²) in [4.78, 5) is 22.0. The van der Waals surface area contributed by atoms with Crippen molar-refractivity contribution in [1.82, 2.24) is 0 Å². The van der Waals surface area contributed by atoms with Gasteiger partial charge in [-0.2, -0.15) is 5.26 Å². The monoisotopic (exact) mass is 259 g/mol. The number of rotatable bonds is 3. The van der Waals surface area contributed by atoms with Gasteiger partial charge in [-0.3, -0.25) is 14.9 Å². The molecule has 0 unspecified atom stereocenters. The summed E-state index contributed by atoms with van der Waals surface area (Å²) in [6.07, 6.45) is 1.12. The number of nitrogens with zero attached hydrogens (tertiary/aromatic N) is 2. The van der Waals surface area contributed by atoms with Crippen molar-refractivity contribution < 1.29 is 9.72 Å². The number of nitrogens with one attached hydrogen (secondary N) is 1. The summed E-state index contributed by atoms with van der Waals surface area (Å²) in [5.74, 6) is 0.0456. The molecule has 0 aliphatic heterocycles. The molecule has 19 heavy (non-hydrogen) atoms. The predicted molar refractivity (Wildman–Crippen MR) is 68.2 cm³/mol. The minimum absolute atomic E-state index is 0.0368. The molecule has 1 aromatic rings. The van der Waals surface area contributed by atoms with E-state index in [1.165, 1.54) is 24.3 Å². The third-order valence-corrected chi connectivity index (χ3v) is 3.38. The molecule has 0 radical (unpaired) electrons. The van der Waals surface area contributed by atoms with Crippen LogP contribution in [0, 0.1) is 32.8 Å². The van der Waals surface area contributed by atoms with Gasteiger partial charge in [0.25, 0.3) is 5.69 Å². The van der Waals surface area contributed by atoms with Gasteiger partial charge in [0.15, 0.2) is 0 Å². The second-order valence-electron chi connectivity index (χ2n) is 4.97. The lowest BCUT2D eigenvalue weighted by Gasteiger charge is -2.39. The van der Waals surface area contributed by atoms with Crippen molar-refractivity contribution in [2.45, 2.75) is 19.8 Å². The van der Waals surface area contributed by atoms with Crippen molar-refractivity contribution in [2.75, 3.05) is 5.32 Å². The second kappa shape index (κ2) is 4.69. The van der Waals surface area contributed by atoms with E-state index in [2.05, 4.69) is 11.4 Å². The molecule has 1 aromatic carbocycles. The summed E-state index contributed by atoms with van der Waals surface area (Å²) >= 11 is 0. The number of hydrogen-bond donors (Lipinski definition) is 1. The maximum absolute atomic E-state index is 12.0. The van der Waals surface area contributed by atoms with Gasteiger partial charge in [-0.15, -0.1) is 0 Å². The number of nitriles is 1. The highest BCUT2D eigenvalue weighted by molar-refractivity contribution is 5.98. The fourth-order valence-electron chi connectivity index (χ4n) is 2.37. The molecule has 6 nitrogen and oxygen atoms in total. The number of nitro benzene ring substituents is 1. The highest BCUT2D eigenvalue weighted by atomic mass is 16.6. The zero-order valence-corrected chi connectivity index (χ0v) is 10.4. The Balaban J connectivity index is 2.07. The first-order chi connectivity index (χ1) is 8.97. The van der Waals surface area contributed by atoms with Crippen LogP contribution in [0.15, 0.2) is 24.3 Å². The molecule has 1 fully saturated rings. The molecule has 98 valence electrons. The molecule has 0 spiro atoms. The van der Waals surface area contributed by atoms with Crippen LogP contribution in [-0.2, 0) is 4.79 Å². The third kappa shape index (κ3) is 2.40. The van der Waals surface area contributed by atoms with E-state index < -0.39 is 10.3 Å². The fourth-order valence-corrected chi connectivity index (χ4v) is 2.37. The molecule has 2 rings (SSSR count). The molecule has 1 amide bonds. The lowest BCUT2D eigenvalue weighted by atomic mass is 9.63. The SMILES string of the molecule is CC1CC(C#N)(C(=O)Nc2ccc([N+](=O)[O-])cc2)C1. The van der Waals surface area contributed by atoms with Crippen LogP contribution < -0.4 is 5.32 Å². The molecule has 1 aliphatic carbocycles. The minimum atomic E-state index is -0.943. The first kappa shape index (κ1) is 13.0. The van der Waals surface area contributed by atoms with Crippen LogP contribution in [-0.4, -0.2) is 10.8 Å². The average molecular weight is 259 g/mol. The van der Waals surface area contributed by atoms with Crippen molar-refractivity contribution in [3.63, 3.8) is 0 Å². The van der Waals surface area contributed by atoms with Gasteiger partial charge in [-0.05, 0) is 30.9 Å². The van der Waals surface area contributed by atoms with E-state index in [0.29, 0.717) is 24.4 Å². The van der Waals surface area contributed by atoms with E-state index in [-0.39, 0.29) is 11.6 Å². The van der Waals surface area contributed by atoms with Crippen molar-refractivity contribution in [1.29, 1.82) is 5.26 Å². The Labute approximate surface area is 110 Å². The van der Waals surface area contributed by atoms with Crippen LogP contribution in [0.25, 0.3) is 0 Å². The van der Waals surface area contributed by atoms with Gasteiger partial charge >= 0.3 is 0 Å². The number of carbonyl (C=O) groups is 1. The molecule has 1 N–H and O–H groups in total. The van der Waals surface area contributed by atoms with E-state index in [1.54, 1.807) is 0 Å². The lowest BCUT2D eigenvalue weighted by molar-refractivity contribution is -0.384. The Bertz CT molecular complexity index is 553. The van der Waals surface area contributed by atoms with E-state index in [4.69, 9.17) is 5.26 Å². The number of carbonyl (C=O) groups excluding carboxylic acids is 1. The van der Waals surface area contributed by atoms with Crippen molar-refractivity contribution in [3.05, 3.63) is 34.4 Å². The predicted octanol–water partition coefficient (Wildman–Crippen LogP) is 2.47. The number of hydrogen-bond acceptors (Lipinski definition) is 4. The summed E-state index contributed by atoms with van der Waals surface area (Å²) in [6, 6.07) is 7.63. The van der Waals surface area contributed by atoms with Crippen LogP contribution in [0.4, 0.5) is 11.4 Å². The summed E-state index contributed by atoms with van der Waals surface area (Å²) < 4.78 is 0. The van der Waals surface area contributed by atoms with Crippen LogP contribution in [0.2, 0.25) is 0 Å². The maximum Gasteiger partial charge on any atom is 0.269 e. The first-order valence-corrected chi connectivity index (χ1v) is 5.94. The van der Waals surface area contributed by atoms with Gasteiger partial charge in [0.1, 0.15) is 5.41 Å². The Morgan fingerprint density at radius 1 is 1.47 bits per heavy atom. The van der Waals surface area contributed by atoms with Gasteiger partial charge in [0, 0.05) is 17.8 Å². The summed E-state index contributed by atoms with van der Waals surface area (Å²) in [7, 11) is 0. The number of amides is 1. The maximum atomic E-state index is 12.0. The van der Waals surface area contributed by atoms with Crippen molar-refractivity contribution >= 4 is 17.3 Å². The summed E-state index contributed by atoms with van der Waals surface area (Å²) in [6.45, 7) is 1.99. The average Bonchev–Trinajstić information content (AvgIpc) is 2.35. The van der Waals surface area contributed by atoms with Gasteiger partial charge in [-0.1, -0.05) is 6.92 Å². The number of nitro groups is 1. The van der Waals surface area contributed by atoms with E-state index in [1.807, 2.05) is 6.92 Å². The normalized spacial score (nSPS) is 24.9. The molecule has 0 bridgehead atoms. The number of anilines is 1. The topological polar surface area (TPSA) is 96.0 Å². The van der Waals surface area contributed by atoms with Crippen LogP contribution >= 0.6 is 0 Å². The third-order valence-electron chi connectivity index (χ3n) is 3.38. The molecule has 6 heteroatoms. The van der Waals surface area contributed by atoms with Gasteiger partial charge in [-0.25, -0.2) is 0 Å². The quantitative estimate of drug-likeness (QED) is 0.666. The zero-order chi connectivity index (χ0) is 14.0. The Kier molecular flexibility index (Phi) is 3.21. The van der Waals surface area contributed by atoms with Gasteiger partial charge in [0.05, 0.1) is 11.0 Å². The molecule has 0 saturated heterocycles. The molecule has 1 aliphatic rings. The Hall–Kier alpha value is -2.42. The molecule has 0 heterocycles. The van der Waals surface area contributed by atoms with Gasteiger partial charge in [0.2, 0.25) is 5.91 Å². The lowest BCUT2D eigenvalue weighted by Crippen LogP contribution is -2.45. The smallest absolute Gasteiger partial charge is 0.269 e. The Morgan fingerprint density at radius 3 is 2.47 bits per heavy atom.